The fourth-order valence-electron chi connectivity index (χ4n) is 2.50. The van der Waals surface area contributed by atoms with E-state index in [1.165, 1.54) is 15.9 Å². The largest absolute Gasteiger partial charge is 0.391 e. The highest BCUT2D eigenvalue weighted by Gasteiger charge is 2.19. The number of aliphatic hydroxyl groups excluding tert-OH is 1. The number of methoxy groups -OCH3 is 1. The maximum atomic E-state index is 12.7. The smallest absolute Gasteiger partial charge is 0.332 e. The molecule has 0 fully saturated rings. The second-order valence-electron chi connectivity index (χ2n) is 5.73. The van der Waals surface area contributed by atoms with Crippen molar-refractivity contribution in [2.75, 3.05) is 13.7 Å². The van der Waals surface area contributed by atoms with E-state index in [0.717, 1.165) is 10.4 Å². The second kappa shape index (κ2) is 6.76. The molecule has 1 N–H and O–H groups in total. The molecule has 7 heteroatoms. The number of hydrogen-bond donors (Lipinski definition) is 1. The van der Waals surface area contributed by atoms with Crippen LogP contribution in [0.2, 0.25) is 0 Å². The van der Waals surface area contributed by atoms with Crippen molar-refractivity contribution in [2.45, 2.75) is 40.5 Å². The van der Waals surface area contributed by atoms with Gasteiger partial charge in [-0.15, -0.1) is 11.3 Å². The van der Waals surface area contributed by atoms with Crippen LogP contribution in [0.5, 0.6) is 0 Å². The van der Waals surface area contributed by atoms with Crippen molar-refractivity contribution in [3.63, 3.8) is 0 Å². The lowest BCUT2D eigenvalue weighted by Crippen LogP contribution is -2.41. The first-order chi connectivity index (χ1) is 10.4. The first-order valence-electron chi connectivity index (χ1n) is 7.27. The number of fused-ring (bicyclic) bond motifs is 1. The van der Waals surface area contributed by atoms with Gasteiger partial charge in [-0.05, 0) is 18.4 Å². The lowest BCUT2D eigenvalue weighted by Gasteiger charge is -2.13. The van der Waals surface area contributed by atoms with Crippen molar-refractivity contribution in [1.82, 2.24) is 9.13 Å². The third kappa shape index (κ3) is 2.88. The summed E-state index contributed by atoms with van der Waals surface area (Å²) < 4.78 is 7.95. The van der Waals surface area contributed by atoms with Gasteiger partial charge in [-0.2, -0.15) is 0 Å². The monoisotopic (exact) mass is 326 g/mol. The molecule has 0 aromatic carbocycles. The maximum Gasteiger partial charge on any atom is 0.332 e. The van der Waals surface area contributed by atoms with Gasteiger partial charge >= 0.3 is 5.69 Å². The third-order valence-electron chi connectivity index (χ3n) is 3.60. The highest BCUT2D eigenvalue weighted by Crippen LogP contribution is 2.27. The minimum Gasteiger partial charge on any atom is -0.391 e. The van der Waals surface area contributed by atoms with Gasteiger partial charge in [0.05, 0.1) is 25.1 Å². The zero-order valence-electron chi connectivity index (χ0n) is 13.4. The molecule has 0 saturated carbocycles. The van der Waals surface area contributed by atoms with Crippen molar-refractivity contribution >= 4 is 21.6 Å². The molecule has 2 aromatic rings. The zero-order valence-corrected chi connectivity index (χ0v) is 14.2. The predicted octanol–water partition coefficient (Wildman–Crippen LogP) is 1.33. The number of aryl methyl sites for hydroxylation is 1. The van der Waals surface area contributed by atoms with Crippen LogP contribution < -0.4 is 11.2 Å². The van der Waals surface area contributed by atoms with Gasteiger partial charge in [0.25, 0.3) is 5.56 Å². The van der Waals surface area contributed by atoms with Crippen LogP contribution in [0, 0.1) is 12.8 Å². The quantitative estimate of drug-likeness (QED) is 0.869. The Kier molecular flexibility index (Phi) is 5.20. The van der Waals surface area contributed by atoms with Crippen molar-refractivity contribution in [1.29, 1.82) is 0 Å². The van der Waals surface area contributed by atoms with Crippen LogP contribution in [0.4, 0.5) is 0 Å². The molecule has 22 heavy (non-hydrogen) atoms. The molecule has 2 aromatic heterocycles. The topological polar surface area (TPSA) is 73.5 Å². The lowest BCUT2D eigenvalue weighted by atomic mass is 10.2. The van der Waals surface area contributed by atoms with Gasteiger partial charge in [0.15, 0.2) is 0 Å². The molecule has 2 rings (SSSR count). The van der Waals surface area contributed by atoms with E-state index in [4.69, 9.17) is 4.74 Å². The Bertz CT molecular complexity index is 785. The Hall–Kier alpha value is -1.44. The van der Waals surface area contributed by atoms with Crippen molar-refractivity contribution in [3.8, 4) is 0 Å². The molecule has 0 saturated heterocycles. The minimum absolute atomic E-state index is 0.132. The van der Waals surface area contributed by atoms with Crippen LogP contribution in [-0.2, 0) is 24.4 Å². The Labute approximate surface area is 132 Å². The molecule has 0 atom stereocenters. The first kappa shape index (κ1) is 16.9. The van der Waals surface area contributed by atoms with Crippen LogP contribution in [0.1, 0.15) is 24.3 Å². The van der Waals surface area contributed by atoms with Gasteiger partial charge in [0.2, 0.25) is 0 Å². The van der Waals surface area contributed by atoms with E-state index in [9.17, 15) is 14.7 Å². The van der Waals surface area contributed by atoms with Crippen LogP contribution in [0.3, 0.4) is 0 Å². The van der Waals surface area contributed by atoms with E-state index in [0.29, 0.717) is 29.9 Å². The van der Waals surface area contributed by atoms with Crippen LogP contribution in [0.15, 0.2) is 9.59 Å². The minimum atomic E-state index is -0.311. The molecule has 0 unspecified atom stereocenters. The third-order valence-corrected chi connectivity index (χ3v) is 4.90. The molecule has 0 aliphatic heterocycles. The Morgan fingerprint density at radius 2 is 1.95 bits per heavy atom. The van der Waals surface area contributed by atoms with Crippen molar-refractivity contribution < 1.29 is 9.84 Å². The molecule has 122 valence electrons. The summed E-state index contributed by atoms with van der Waals surface area (Å²) in [5.41, 5.74) is 0.181. The molecular formula is C15H22N2O4S. The van der Waals surface area contributed by atoms with Crippen molar-refractivity contribution in [2.24, 2.45) is 5.92 Å². The molecule has 0 bridgehead atoms. The lowest BCUT2D eigenvalue weighted by molar-refractivity contribution is 0.186. The van der Waals surface area contributed by atoms with Gasteiger partial charge in [0.1, 0.15) is 4.83 Å². The summed E-state index contributed by atoms with van der Waals surface area (Å²) in [6.07, 6.45) is 0. The average Bonchev–Trinajstić information content (AvgIpc) is 2.80. The van der Waals surface area contributed by atoms with Gasteiger partial charge in [-0.25, -0.2) is 4.79 Å². The number of hydrogen-bond acceptors (Lipinski definition) is 5. The fraction of sp³-hybridized carbons (Fsp3) is 0.600. The van der Waals surface area contributed by atoms with E-state index >= 15 is 0 Å². The molecular weight excluding hydrogens is 304 g/mol. The van der Waals surface area contributed by atoms with E-state index in [-0.39, 0.29) is 23.8 Å². The number of rotatable bonds is 6. The fourth-order valence-corrected chi connectivity index (χ4v) is 3.67. The summed E-state index contributed by atoms with van der Waals surface area (Å²) in [6.45, 7) is 6.77. The number of thiophene rings is 1. The van der Waals surface area contributed by atoms with Crippen molar-refractivity contribution in [3.05, 3.63) is 31.3 Å². The molecule has 0 aliphatic carbocycles. The normalized spacial score (nSPS) is 11.7. The molecule has 0 radical (unpaired) electrons. The van der Waals surface area contributed by atoms with E-state index < -0.39 is 0 Å². The molecule has 0 aliphatic rings. The second-order valence-corrected chi connectivity index (χ2v) is 6.81. The van der Waals surface area contributed by atoms with Crippen LogP contribution in [0.25, 0.3) is 10.2 Å². The van der Waals surface area contributed by atoms with E-state index in [2.05, 4.69) is 0 Å². The van der Waals surface area contributed by atoms with Gasteiger partial charge < -0.3 is 9.84 Å². The van der Waals surface area contributed by atoms with Gasteiger partial charge in [-0.3, -0.25) is 13.9 Å². The highest BCUT2D eigenvalue weighted by molar-refractivity contribution is 7.18. The van der Waals surface area contributed by atoms with E-state index in [1.807, 2.05) is 20.8 Å². The first-order valence-corrected chi connectivity index (χ1v) is 8.09. The highest BCUT2D eigenvalue weighted by atomic mass is 32.1. The Morgan fingerprint density at radius 3 is 2.50 bits per heavy atom. The molecule has 6 nitrogen and oxygen atoms in total. The molecule has 2 heterocycles. The summed E-state index contributed by atoms with van der Waals surface area (Å²) in [6, 6.07) is 0. The molecule has 0 amide bonds. The summed E-state index contributed by atoms with van der Waals surface area (Å²) in [7, 11) is 1.57. The van der Waals surface area contributed by atoms with Crippen LogP contribution >= 0.6 is 11.3 Å². The standard InChI is InChI=1S/C15H22N2O4S/c1-9(2)7-17-13(19)12-10(3)11(8-18)22-14(12)16(15(17)20)5-6-21-4/h9,18H,5-8H2,1-4H3. The Morgan fingerprint density at radius 1 is 1.27 bits per heavy atom. The summed E-state index contributed by atoms with van der Waals surface area (Å²) >= 11 is 1.30. The number of aliphatic hydroxyl groups is 1. The van der Waals surface area contributed by atoms with Crippen LogP contribution in [-0.4, -0.2) is 28.0 Å². The SMILES string of the molecule is COCCn1c(=O)n(CC(C)C)c(=O)c2c(C)c(CO)sc21. The maximum absolute atomic E-state index is 12.7. The van der Waals surface area contributed by atoms with Gasteiger partial charge in [-0.1, -0.05) is 13.8 Å². The van der Waals surface area contributed by atoms with Gasteiger partial charge in [0, 0.05) is 18.5 Å². The number of nitrogens with zero attached hydrogens (tertiary/aromatic N) is 2. The zero-order chi connectivity index (χ0) is 16.4. The number of ether oxygens (including phenoxy) is 1. The average molecular weight is 326 g/mol. The summed E-state index contributed by atoms with van der Waals surface area (Å²) in [4.78, 5) is 26.7. The Balaban J connectivity index is 2.83. The number of aromatic nitrogens is 2. The molecule has 0 spiro atoms. The van der Waals surface area contributed by atoms with E-state index in [1.54, 1.807) is 11.7 Å². The summed E-state index contributed by atoms with van der Waals surface area (Å²) in [5, 5.41) is 9.98. The predicted molar refractivity (Wildman–Crippen MR) is 87.7 cm³/mol. The summed E-state index contributed by atoms with van der Waals surface area (Å²) in [5.74, 6) is 0.190.